The van der Waals surface area contributed by atoms with Gasteiger partial charge in [-0.15, -0.1) is 0 Å². The quantitative estimate of drug-likeness (QED) is 0.406. The zero-order chi connectivity index (χ0) is 19.9. The number of hydrogen-bond acceptors (Lipinski definition) is 4. The number of halogens is 2. The van der Waals surface area contributed by atoms with Crippen molar-refractivity contribution >= 4 is 40.7 Å². The van der Waals surface area contributed by atoms with E-state index in [-0.39, 0.29) is 11.6 Å². The Hall–Kier alpha value is -0.780. The lowest BCUT2D eigenvalue weighted by Gasteiger charge is -2.35. The fourth-order valence-electron chi connectivity index (χ4n) is 2.51. The molecule has 0 saturated carbocycles. The molecule has 0 aromatic carbocycles. The predicted octanol–water partition coefficient (Wildman–Crippen LogP) is 5.85. The van der Waals surface area contributed by atoms with Gasteiger partial charge < -0.3 is 11.1 Å². The average Bonchev–Trinajstić information content (AvgIpc) is 2.58. The molecule has 144 valence electrons. The van der Waals surface area contributed by atoms with Crippen LogP contribution in [-0.2, 0) is 0 Å². The molecule has 0 amide bonds. The maximum absolute atomic E-state index is 6.29. The number of aliphatic imine (C=N–C) groups is 1. The van der Waals surface area contributed by atoms with Gasteiger partial charge >= 0.3 is 0 Å². The van der Waals surface area contributed by atoms with Gasteiger partial charge in [0.1, 0.15) is 0 Å². The maximum Gasteiger partial charge on any atom is 0.0687 e. The van der Waals surface area contributed by atoms with Crippen LogP contribution in [-0.4, -0.2) is 23.8 Å². The number of nitrogens with one attached hydrogen (secondary N) is 1. The van der Waals surface area contributed by atoms with Gasteiger partial charge in [-0.05, 0) is 46.6 Å². The van der Waals surface area contributed by atoms with Gasteiger partial charge in [0, 0.05) is 33.0 Å². The van der Waals surface area contributed by atoms with Crippen molar-refractivity contribution in [2.24, 2.45) is 10.7 Å². The van der Waals surface area contributed by atoms with Crippen molar-refractivity contribution in [3.63, 3.8) is 0 Å². The summed E-state index contributed by atoms with van der Waals surface area (Å²) in [6, 6.07) is 0.209. The molecule has 2 atom stereocenters. The van der Waals surface area contributed by atoms with Crippen LogP contribution >= 0.6 is 35.0 Å². The smallest absolute Gasteiger partial charge is 0.0687 e. The lowest BCUT2D eigenvalue weighted by atomic mass is 9.89. The molecular formula is C20H29Cl2N3S. The number of allylic oxidation sites excluding steroid dienone is 6. The van der Waals surface area contributed by atoms with Gasteiger partial charge in [0.25, 0.3) is 0 Å². The van der Waals surface area contributed by atoms with E-state index in [1.165, 1.54) is 11.8 Å². The lowest BCUT2D eigenvalue weighted by molar-refractivity contribution is 0.303. The van der Waals surface area contributed by atoms with Crippen molar-refractivity contribution in [3.05, 3.63) is 57.0 Å². The Balaban J connectivity index is 2.90. The van der Waals surface area contributed by atoms with E-state index >= 15 is 0 Å². The number of piperidine rings is 1. The third-order valence-corrected chi connectivity index (χ3v) is 6.12. The van der Waals surface area contributed by atoms with Crippen LogP contribution in [0.5, 0.6) is 0 Å². The number of hydrogen-bond donors (Lipinski definition) is 2. The largest absolute Gasteiger partial charge is 0.324 e. The van der Waals surface area contributed by atoms with Crippen LogP contribution in [0.2, 0.25) is 0 Å². The van der Waals surface area contributed by atoms with Crippen molar-refractivity contribution in [2.75, 3.05) is 6.54 Å². The van der Waals surface area contributed by atoms with Gasteiger partial charge in [-0.3, -0.25) is 4.99 Å². The first-order valence-electron chi connectivity index (χ1n) is 8.57. The molecule has 2 unspecified atom stereocenters. The second kappa shape index (κ2) is 10.5. The van der Waals surface area contributed by atoms with E-state index in [4.69, 9.17) is 33.9 Å². The first-order valence-corrected chi connectivity index (χ1v) is 10.1. The SMILES string of the molecule is C=C/C=C(SC(=C)C(C)=N/C(=C\C)C1CCC(C)(N)CN1)\C(Cl)=C(/C)Cl. The van der Waals surface area contributed by atoms with Crippen LogP contribution in [0.1, 0.15) is 40.5 Å². The van der Waals surface area contributed by atoms with E-state index in [1.54, 1.807) is 13.0 Å². The summed E-state index contributed by atoms with van der Waals surface area (Å²) in [5.41, 5.74) is 7.89. The van der Waals surface area contributed by atoms with Crippen molar-refractivity contribution < 1.29 is 0 Å². The van der Waals surface area contributed by atoms with Gasteiger partial charge in [0.15, 0.2) is 0 Å². The Labute approximate surface area is 172 Å². The van der Waals surface area contributed by atoms with Gasteiger partial charge in [-0.2, -0.15) is 0 Å². The predicted molar refractivity (Wildman–Crippen MR) is 120 cm³/mol. The minimum absolute atomic E-state index is 0.152. The average molecular weight is 414 g/mol. The molecule has 1 fully saturated rings. The Kier molecular flexibility index (Phi) is 9.42. The van der Waals surface area contributed by atoms with Crippen LogP contribution < -0.4 is 11.1 Å². The molecule has 1 aliphatic heterocycles. The molecule has 0 aromatic rings. The normalized spacial score (nSPS) is 26.4. The summed E-state index contributed by atoms with van der Waals surface area (Å²) in [4.78, 5) is 6.40. The Morgan fingerprint density at radius 2 is 2.04 bits per heavy atom. The standard InChI is InChI=1S/C20H29Cl2N3S/c1-7-9-18(19(22)13(3)21)26-15(5)14(4)25-16(8-2)17-10-11-20(6,23)12-24-17/h7-9,17,24H,1,5,10-12,23H2,2-4,6H3/b16-8-,18-9+,19-13-,25-14?. The van der Waals surface area contributed by atoms with Crippen LogP contribution in [0.4, 0.5) is 0 Å². The molecule has 1 heterocycles. The summed E-state index contributed by atoms with van der Waals surface area (Å²) in [6.07, 6.45) is 7.46. The number of rotatable bonds is 7. The molecule has 26 heavy (non-hydrogen) atoms. The van der Waals surface area contributed by atoms with E-state index in [9.17, 15) is 0 Å². The first-order chi connectivity index (χ1) is 12.1. The summed E-state index contributed by atoms with van der Waals surface area (Å²) >= 11 is 13.7. The Bertz CT molecular complexity index is 659. The first kappa shape index (κ1) is 23.3. The molecular weight excluding hydrogens is 385 g/mol. The zero-order valence-corrected chi connectivity index (χ0v) is 18.4. The monoisotopic (exact) mass is 413 g/mol. The molecule has 0 bridgehead atoms. The molecule has 0 aromatic heterocycles. The number of thioether (sulfide) groups is 1. The molecule has 3 N–H and O–H groups in total. The van der Waals surface area contributed by atoms with E-state index in [0.717, 1.165) is 40.6 Å². The zero-order valence-electron chi connectivity index (χ0n) is 16.0. The van der Waals surface area contributed by atoms with Crippen molar-refractivity contribution in [2.45, 2.75) is 52.1 Å². The molecule has 0 radical (unpaired) electrons. The molecule has 1 rings (SSSR count). The maximum atomic E-state index is 6.29. The van der Waals surface area contributed by atoms with Crippen LogP contribution in [0.15, 0.2) is 62.0 Å². The number of nitrogens with zero attached hydrogens (tertiary/aromatic N) is 1. The molecule has 6 heteroatoms. The fourth-order valence-corrected chi connectivity index (χ4v) is 3.71. The highest BCUT2D eigenvalue weighted by molar-refractivity contribution is 8.07. The second-order valence-electron chi connectivity index (χ2n) is 6.68. The highest BCUT2D eigenvalue weighted by Gasteiger charge is 2.28. The van der Waals surface area contributed by atoms with Crippen molar-refractivity contribution in [1.82, 2.24) is 5.32 Å². The molecule has 1 saturated heterocycles. The van der Waals surface area contributed by atoms with Gasteiger partial charge in [0.2, 0.25) is 0 Å². The number of nitrogens with two attached hydrogens (primary N) is 1. The Morgan fingerprint density at radius 1 is 1.38 bits per heavy atom. The summed E-state index contributed by atoms with van der Waals surface area (Å²) in [7, 11) is 0. The van der Waals surface area contributed by atoms with Crippen LogP contribution in [0.3, 0.4) is 0 Å². The highest BCUT2D eigenvalue weighted by atomic mass is 35.5. The molecule has 0 spiro atoms. The minimum Gasteiger partial charge on any atom is -0.324 e. The van der Waals surface area contributed by atoms with E-state index in [1.807, 2.05) is 26.0 Å². The van der Waals surface area contributed by atoms with E-state index in [2.05, 4.69) is 25.4 Å². The minimum atomic E-state index is -0.152. The third kappa shape index (κ3) is 7.09. The summed E-state index contributed by atoms with van der Waals surface area (Å²) < 4.78 is 0. The van der Waals surface area contributed by atoms with Gasteiger partial charge in [-0.1, -0.05) is 60.3 Å². The van der Waals surface area contributed by atoms with E-state index in [0.29, 0.717) is 10.1 Å². The Morgan fingerprint density at radius 3 is 2.50 bits per heavy atom. The lowest BCUT2D eigenvalue weighted by Crippen LogP contribution is -2.54. The van der Waals surface area contributed by atoms with Gasteiger partial charge in [-0.25, -0.2) is 0 Å². The van der Waals surface area contributed by atoms with Crippen molar-refractivity contribution in [1.29, 1.82) is 0 Å². The van der Waals surface area contributed by atoms with E-state index < -0.39 is 0 Å². The van der Waals surface area contributed by atoms with Crippen LogP contribution in [0.25, 0.3) is 0 Å². The second-order valence-corrected chi connectivity index (χ2v) is 8.76. The highest BCUT2D eigenvalue weighted by Crippen LogP contribution is 2.36. The van der Waals surface area contributed by atoms with Gasteiger partial charge in [0.05, 0.1) is 16.4 Å². The molecule has 1 aliphatic rings. The third-order valence-electron chi connectivity index (χ3n) is 4.13. The van der Waals surface area contributed by atoms with Crippen LogP contribution in [0, 0.1) is 0 Å². The summed E-state index contributed by atoms with van der Waals surface area (Å²) in [5, 5.41) is 4.51. The summed E-state index contributed by atoms with van der Waals surface area (Å²) in [6.45, 7) is 16.4. The fraction of sp³-hybridized carbons (Fsp3) is 0.450. The topological polar surface area (TPSA) is 50.4 Å². The molecule has 3 nitrogen and oxygen atoms in total. The van der Waals surface area contributed by atoms with Crippen molar-refractivity contribution in [3.8, 4) is 0 Å². The molecule has 0 aliphatic carbocycles. The summed E-state index contributed by atoms with van der Waals surface area (Å²) in [5.74, 6) is 0.